The molecule has 1 aromatic carbocycles. The van der Waals surface area contributed by atoms with Crippen LogP contribution in [0.3, 0.4) is 0 Å². The van der Waals surface area contributed by atoms with Crippen LogP contribution >= 0.6 is 0 Å². The number of rotatable bonds is 6. The van der Waals surface area contributed by atoms with E-state index in [9.17, 15) is 8.42 Å². The van der Waals surface area contributed by atoms with Gasteiger partial charge in [-0.3, -0.25) is 0 Å². The monoisotopic (exact) mass is 271 g/mol. The van der Waals surface area contributed by atoms with Crippen LogP contribution in [0, 0.1) is 5.92 Å². The van der Waals surface area contributed by atoms with Gasteiger partial charge in [-0.1, -0.05) is 12.1 Å². The van der Waals surface area contributed by atoms with Gasteiger partial charge in [0, 0.05) is 6.61 Å². The van der Waals surface area contributed by atoms with Crippen LogP contribution in [-0.4, -0.2) is 31.9 Å². The summed E-state index contributed by atoms with van der Waals surface area (Å²) in [5.41, 5.74) is 6.50. The van der Waals surface area contributed by atoms with Crippen molar-refractivity contribution in [2.24, 2.45) is 11.7 Å². The maximum atomic E-state index is 11.9. The minimum Gasteiger partial charge on any atom is -0.396 e. The minimum atomic E-state index is -3.21. The van der Waals surface area contributed by atoms with Crippen LogP contribution in [0.4, 0.5) is 0 Å². The summed E-state index contributed by atoms with van der Waals surface area (Å²) in [6, 6.07) is 6.81. The Morgan fingerprint density at radius 1 is 1.22 bits per heavy atom. The molecule has 0 spiro atoms. The lowest BCUT2D eigenvalue weighted by atomic mass is 10.0. The quantitative estimate of drug-likeness (QED) is 0.808. The second-order valence-electron chi connectivity index (χ2n) is 4.73. The molecule has 1 rings (SSSR count). The van der Waals surface area contributed by atoms with Crippen LogP contribution < -0.4 is 5.73 Å². The zero-order valence-corrected chi connectivity index (χ0v) is 11.7. The Hall–Kier alpha value is -0.910. The molecule has 0 aliphatic rings. The van der Waals surface area contributed by atoms with Gasteiger partial charge in [-0.25, -0.2) is 8.42 Å². The standard InChI is InChI=1S/C13H21NO3S/c1-10(2)18(16,17)13-5-3-11(4-6-13)7-12(8-14)9-15/h3-6,10,12,15H,7-9,14H2,1-2H3. The fourth-order valence-corrected chi connectivity index (χ4v) is 2.70. The first-order chi connectivity index (χ1) is 8.41. The average Bonchev–Trinajstić information content (AvgIpc) is 2.36. The van der Waals surface area contributed by atoms with Gasteiger partial charge in [0.15, 0.2) is 9.84 Å². The second-order valence-corrected chi connectivity index (χ2v) is 7.23. The zero-order valence-electron chi connectivity index (χ0n) is 10.8. The predicted octanol–water partition coefficient (Wildman–Crippen LogP) is 0.978. The van der Waals surface area contributed by atoms with E-state index in [-0.39, 0.29) is 12.5 Å². The SMILES string of the molecule is CC(C)S(=O)(=O)c1ccc(CC(CN)CO)cc1. The van der Waals surface area contributed by atoms with Crippen LogP contribution in [0.1, 0.15) is 19.4 Å². The van der Waals surface area contributed by atoms with Crippen LogP contribution in [0.15, 0.2) is 29.2 Å². The van der Waals surface area contributed by atoms with E-state index in [0.717, 1.165) is 5.56 Å². The molecule has 0 amide bonds. The first-order valence-electron chi connectivity index (χ1n) is 6.05. The van der Waals surface area contributed by atoms with Crippen molar-refractivity contribution < 1.29 is 13.5 Å². The van der Waals surface area contributed by atoms with Gasteiger partial charge >= 0.3 is 0 Å². The lowest BCUT2D eigenvalue weighted by molar-refractivity contribution is 0.230. The Morgan fingerprint density at radius 3 is 2.17 bits per heavy atom. The highest BCUT2D eigenvalue weighted by Crippen LogP contribution is 2.17. The molecular formula is C13H21NO3S. The molecule has 102 valence electrons. The van der Waals surface area contributed by atoms with Gasteiger partial charge in [0.2, 0.25) is 0 Å². The van der Waals surface area contributed by atoms with Crippen molar-refractivity contribution in [3.63, 3.8) is 0 Å². The highest BCUT2D eigenvalue weighted by Gasteiger charge is 2.18. The molecule has 0 fully saturated rings. The van der Waals surface area contributed by atoms with Gasteiger partial charge in [-0.2, -0.15) is 0 Å². The van der Waals surface area contributed by atoms with Crippen molar-refractivity contribution in [1.29, 1.82) is 0 Å². The van der Waals surface area contributed by atoms with E-state index >= 15 is 0 Å². The number of hydrogen-bond acceptors (Lipinski definition) is 4. The number of nitrogens with two attached hydrogens (primary N) is 1. The van der Waals surface area contributed by atoms with E-state index in [1.54, 1.807) is 38.1 Å². The van der Waals surface area contributed by atoms with E-state index < -0.39 is 15.1 Å². The molecule has 1 aromatic rings. The van der Waals surface area contributed by atoms with Crippen molar-refractivity contribution in [2.75, 3.05) is 13.2 Å². The molecule has 0 bridgehead atoms. The first-order valence-corrected chi connectivity index (χ1v) is 7.60. The molecule has 0 radical (unpaired) electrons. The van der Waals surface area contributed by atoms with Crippen molar-refractivity contribution in [3.05, 3.63) is 29.8 Å². The maximum Gasteiger partial charge on any atom is 0.180 e. The average molecular weight is 271 g/mol. The first kappa shape index (κ1) is 15.1. The van der Waals surface area contributed by atoms with E-state index in [1.807, 2.05) is 0 Å². The van der Waals surface area contributed by atoms with E-state index in [0.29, 0.717) is 17.9 Å². The highest BCUT2D eigenvalue weighted by molar-refractivity contribution is 7.92. The summed E-state index contributed by atoms with van der Waals surface area (Å²) in [5, 5.41) is 8.65. The van der Waals surface area contributed by atoms with Gasteiger partial charge in [0.1, 0.15) is 0 Å². The highest BCUT2D eigenvalue weighted by atomic mass is 32.2. The van der Waals surface area contributed by atoms with Gasteiger partial charge in [-0.05, 0) is 50.4 Å². The summed E-state index contributed by atoms with van der Waals surface area (Å²) in [6.07, 6.45) is 0.662. The van der Waals surface area contributed by atoms with Crippen molar-refractivity contribution in [1.82, 2.24) is 0 Å². The predicted molar refractivity (Wildman–Crippen MR) is 72.1 cm³/mol. The van der Waals surface area contributed by atoms with Gasteiger partial charge < -0.3 is 10.8 Å². The number of hydrogen-bond donors (Lipinski definition) is 2. The second kappa shape index (κ2) is 6.31. The molecule has 18 heavy (non-hydrogen) atoms. The fourth-order valence-electron chi connectivity index (χ4n) is 1.64. The van der Waals surface area contributed by atoms with Gasteiger partial charge in [0.25, 0.3) is 0 Å². The van der Waals surface area contributed by atoms with Crippen molar-refractivity contribution >= 4 is 9.84 Å². The fraction of sp³-hybridized carbons (Fsp3) is 0.538. The molecular weight excluding hydrogens is 250 g/mol. The summed E-state index contributed by atoms with van der Waals surface area (Å²) in [6.45, 7) is 3.80. The molecule has 5 heteroatoms. The minimum absolute atomic E-state index is 0.0255. The van der Waals surface area contributed by atoms with Gasteiger partial charge in [-0.15, -0.1) is 0 Å². The van der Waals surface area contributed by atoms with E-state index in [1.165, 1.54) is 0 Å². The summed E-state index contributed by atoms with van der Waals surface area (Å²) < 4.78 is 23.8. The molecule has 4 nitrogen and oxygen atoms in total. The molecule has 0 saturated heterocycles. The van der Waals surface area contributed by atoms with E-state index in [4.69, 9.17) is 10.8 Å². The molecule has 0 saturated carbocycles. The summed E-state index contributed by atoms with van der Waals surface area (Å²) >= 11 is 0. The Kier molecular flexibility index (Phi) is 5.31. The number of benzene rings is 1. The maximum absolute atomic E-state index is 11.9. The lowest BCUT2D eigenvalue weighted by Gasteiger charge is -2.12. The van der Waals surface area contributed by atoms with Crippen LogP contribution in [0.2, 0.25) is 0 Å². The van der Waals surface area contributed by atoms with Crippen LogP contribution in [0.5, 0.6) is 0 Å². The molecule has 3 N–H and O–H groups in total. The van der Waals surface area contributed by atoms with Crippen LogP contribution in [-0.2, 0) is 16.3 Å². The summed E-state index contributed by atoms with van der Waals surface area (Å²) in [7, 11) is -3.21. The smallest absolute Gasteiger partial charge is 0.180 e. The Balaban J connectivity index is 2.87. The molecule has 1 atom stereocenters. The number of sulfone groups is 1. The molecule has 1 unspecified atom stereocenters. The van der Waals surface area contributed by atoms with Gasteiger partial charge in [0.05, 0.1) is 10.1 Å². The number of aliphatic hydroxyl groups excluding tert-OH is 1. The van der Waals surface area contributed by atoms with E-state index in [2.05, 4.69) is 0 Å². The Bertz CT molecular complexity index is 462. The Labute approximate surface area is 109 Å². The third-order valence-corrected chi connectivity index (χ3v) is 5.16. The molecule has 0 aliphatic carbocycles. The number of aliphatic hydroxyl groups is 1. The molecule has 0 aromatic heterocycles. The zero-order chi connectivity index (χ0) is 13.8. The third-order valence-electron chi connectivity index (χ3n) is 2.99. The topological polar surface area (TPSA) is 80.4 Å². The molecule has 0 aliphatic heterocycles. The van der Waals surface area contributed by atoms with Crippen LogP contribution in [0.25, 0.3) is 0 Å². The summed E-state index contributed by atoms with van der Waals surface area (Å²) in [4.78, 5) is 0.342. The third kappa shape index (κ3) is 3.54. The lowest BCUT2D eigenvalue weighted by Crippen LogP contribution is -2.20. The van der Waals surface area contributed by atoms with Crippen molar-refractivity contribution in [2.45, 2.75) is 30.4 Å². The van der Waals surface area contributed by atoms with Crippen molar-refractivity contribution in [3.8, 4) is 0 Å². The summed E-state index contributed by atoms with van der Waals surface area (Å²) in [5.74, 6) is 0.0255. The molecule has 0 heterocycles. The normalized spacial score (nSPS) is 13.8. The largest absolute Gasteiger partial charge is 0.396 e. The Morgan fingerprint density at radius 2 is 1.78 bits per heavy atom.